The Morgan fingerprint density at radius 2 is 1.84 bits per heavy atom. The first-order chi connectivity index (χ1) is 12.1. The topological polar surface area (TPSA) is 66.9 Å². The lowest BCUT2D eigenvalue weighted by atomic mass is 10.1. The minimum atomic E-state index is -0.498. The normalized spacial score (nSPS) is 10.3. The van der Waals surface area contributed by atoms with Gasteiger partial charge in [-0.15, -0.1) is 0 Å². The molecule has 0 unspecified atom stereocenters. The van der Waals surface area contributed by atoms with Gasteiger partial charge in [0.1, 0.15) is 11.5 Å². The number of rotatable bonds is 5. The second kappa shape index (κ2) is 7.53. The molecule has 3 rings (SSSR count). The second-order valence-corrected chi connectivity index (χ2v) is 5.54. The number of carbonyl (C=O) groups is 1. The molecule has 5 nitrogen and oxygen atoms in total. The smallest absolute Gasteiger partial charge is 0.274 e. The summed E-state index contributed by atoms with van der Waals surface area (Å²) < 4.78 is 13.6. The summed E-state index contributed by atoms with van der Waals surface area (Å²) in [6.07, 6.45) is 1.49. The highest BCUT2D eigenvalue weighted by atomic mass is 19.1. The van der Waals surface area contributed by atoms with Crippen LogP contribution in [0.4, 0.5) is 16.0 Å². The lowest BCUT2D eigenvalue weighted by Gasteiger charge is -2.08. The number of hydrogen-bond donors (Lipinski definition) is 2. The summed E-state index contributed by atoms with van der Waals surface area (Å²) in [4.78, 5) is 20.5. The Bertz CT molecular complexity index is 881. The molecule has 6 heteroatoms. The van der Waals surface area contributed by atoms with Crippen LogP contribution in [0.15, 0.2) is 60.8 Å². The highest BCUT2D eigenvalue weighted by Gasteiger charge is 2.11. The number of carbonyl (C=O) groups excluding carboxylic acids is 1. The predicted molar refractivity (Wildman–Crippen MR) is 94.9 cm³/mol. The van der Waals surface area contributed by atoms with Gasteiger partial charge in [0, 0.05) is 12.7 Å². The van der Waals surface area contributed by atoms with Crippen LogP contribution in [0.1, 0.15) is 21.6 Å². The molecular formula is C19H17FN4O. The number of anilines is 2. The van der Waals surface area contributed by atoms with E-state index < -0.39 is 11.7 Å². The fourth-order valence-electron chi connectivity index (χ4n) is 2.21. The molecule has 3 aromatic rings. The predicted octanol–water partition coefficient (Wildman–Crippen LogP) is 3.79. The Hall–Kier alpha value is -3.28. The van der Waals surface area contributed by atoms with Crippen LogP contribution in [-0.4, -0.2) is 15.9 Å². The standard InChI is InChI=1S/C19H17FN4O/c1-13-6-8-14(9-7-13)12-22-19-21-11-10-17(24-19)18(25)23-16-5-3-2-4-15(16)20/h2-11H,12H2,1H3,(H,23,25)(H,21,22,24). The van der Waals surface area contributed by atoms with Crippen molar-refractivity contribution < 1.29 is 9.18 Å². The molecule has 0 radical (unpaired) electrons. The Morgan fingerprint density at radius 1 is 1.08 bits per heavy atom. The molecule has 25 heavy (non-hydrogen) atoms. The van der Waals surface area contributed by atoms with Crippen LogP contribution in [0.2, 0.25) is 0 Å². The molecule has 0 aliphatic rings. The average molecular weight is 336 g/mol. The van der Waals surface area contributed by atoms with Crippen molar-refractivity contribution in [2.24, 2.45) is 0 Å². The van der Waals surface area contributed by atoms with E-state index in [9.17, 15) is 9.18 Å². The molecule has 2 aromatic carbocycles. The Balaban J connectivity index is 1.67. The van der Waals surface area contributed by atoms with Crippen molar-refractivity contribution in [1.82, 2.24) is 9.97 Å². The number of aryl methyl sites for hydroxylation is 1. The first-order valence-electron chi connectivity index (χ1n) is 7.80. The van der Waals surface area contributed by atoms with Crippen molar-refractivity contribution in [3.05, 3.63) is 83.4 Å². The maximum Gasteiger partial charge on any atom is 0.274 e. The molecular weight excluding hydrogens is 319 g/mol. The lowest BCUT2D eigenvalue weighted by molar-refractivity contribution is 0.102. The highest BCUT2D eigenvalue weighted by molar-refractivity contribution is 6.03. The quantitative estimate of drug-likeness (QED) is 0.744. The van der Waals surface area contributed by atoms with Crippen LogP contribution >= 0.6 is 0 Å². The first kappa shape index (κ1) is 16.6. The highest BCUT2D eigenvalue weighted by Crippen LogP contribution is 2.14. The third-order valence-electron chi connectivity index (χ3n) is 3.58. The molecule has 0 saturated heterocycles. The molecule has 0 atom stereocenters. The van der Waals surface area contributed by atoms with Crippen LogP contribution in [0, 0.1) is 12.7 Å². The second-order valence-electron chi connectivity index (χ2n) is 5.54. The minimum Gasteiger partial charge on any atom is -0.350 e. The number of halogens is 1. The summed E-state index contributed by atoms with van der Waals surface area (Å²) in [6, 6.07) is 15.5. The molecule has 0 fully saturated rings. The van der Waals surface area contributed by atoms with Gasteiger partial charge in [-0.2, -0.15) is 0 Å². The molecule has 0 aliphatic carbocycles. The Labute approximate surface area is 145 Å². The summed E-state index contributed by atoms with van der Waals surface area (Å²) in [5, 5.41) is 5.58. The molecule has 1 amide bonds. The summed E-state index contributed by atoms with van der Waals surface area (Å²) in [5.74, 6) is -0.657. The number of hydrogen-bond acceptors (Lipinski definition) is 4. The minimum absolute atomic E-state index is 0.111. The van der Waals surface area contributed by atoms with E-state index in [4.69, 9.17) is 0 Å². The number of nitrogens with zero attached hydrogens (tertiary/aromatic N) is 2. The number of nitrogens with one attached hydrogen (secondary N) is 2. The number of aromatic nitrogens is 2. The van der Waals surface area contributed by atoms with Gasteiger partial charge in [-0.25, -0.2) is 14.4 Å². The molecule has 1 aromatic heterocycles. The van der Waals surface area contributed by atoms with Gasteiger partial charge in [0.25, 0.3) is 5.91 Å². The number of para-hydroxylation sites is 1. The van der Waals surface area contributed by atoms with Crippen molar-refractivity contribution in [2.45, 2.75) is 13.5 Å². The maximum absolute atomic E-state index is 13.6. The van der Waals surface area contributed by atoms with E-state index in [1.807, 2.05) is 31.2 Å². The van der Waals surface area contributed by atoms with Crippen molar-refractivity contribution in [2.75, 3.05) is 10.6 Å². The van der Waals surface area contributed by atoms with E-state index in [-0.39, 0.29) is 11.4 Å². The van der Waals surface area contributed by atoms with Crippen molar-refractivity contribution >= 4 is 17.5 Å². The summed E-state index contributed by atoms with van der Waals surface area (Å²) in [7, 11) is 0. The van der Waals surface area contributed by atoms with Crippen LogP contribution < -0.4 is 10.6 Å². The van der Waals surface area contributed by atoms with E-state index in [0.717, 1.165) is 5.56 Å². The fraction of sp³-hybridized carbons (Fsp3) is 0.105. The molecule has 0 bridgehead atoms. The SMILES string of the molecule is Cc1ccc(CNc2nccc(C(=O)Nc3ccccc3F)n2)cc1. The maximum atomic E-state index is 13.6. The molecule has 1 heterocycles. The van der Waals surface area contributed by atoms with Gasteiger partial charge in [-0.05, 0) is 30.7 Å². The van der Waals surface area contributed by atoms with Crippen molar-refractivity contribution in [3.63, 3.8) is 0 Å². The molecule has 0 aliphatic heterocycles. The average Bonchev–Trinajstić information content (AvgIpc) is 2.63. The van der Waals surface area contributed by atoms with Gasteiger partial charge in [0.2, 0.25) is 5.95 Å². The molecule has 2 N–H and O–H groups in total. The largest absolute Gasteiger partial charge is 0.350 e. The van der Waals surface area contributed by atoms with Gasteiger partial charge in [-0.3, -0.25) is 4.79 Å². The van der Waals surface area contributed by atoms with E-state index in [1.165, 1.54) is 30.0 Å². The van der Waals surface area contributed by atoms with Crippen molar-refractivity contribution in [1.29, 1.82) is 0 Å². The third kappa shape index (κ3) is 4.38. The zero-order chi connectivity index (χ0) is 17.6. The Morgan fingerprint density at radius 3 is 2.60 bits per heavy atom. The van der Waals surface area contributed by atoms with Crippen LogP contribution in [0.3, 0.4) is 0 Å². The monoisotopic (exact) mass is 336 g/mol. The van der Waals surface area contributed by atoms with E-state index >= 15 is 0 Å². The van der Waals surface area contributed by atoms with E-state index in [2.05, 4.69) is 20.6 Å². The van der Waals surface area contributed by atoms with Gasteiger partial charge in [0.05, 0.1) is 5.69 Å². The summed E-state index contributed by atoms with van der Waals surface area (Å²) in [6.45, 7) is 2.57. The fourth-order valence-corrected chi connectivity index (χ4v) is 2.21. The third-order valence-corrected chi connectivity index (χ3v) is 3.58. The van der Waals surface area contributed by atoms with Gasteiger partial charge < -0.3 is 10.6 Å². The lowest BCUT2D eigenvalue weighted by Crippen LogP contribution is -2.16. The Kier molecular flexibility index (Phi) is 4.99. The molecule has 126 valence electrons. The summed E-state index contributed by atoms with van der Waals surface area (Å²) in [5.41, 5.74) is 2.53. The van der Waals surface area contributed by atoms with Crippen LogP contribution in [-0.2, 0) is 6.54 Å². The number of benzene rings is 2. The van der Waals surface area contributed by atoms with Crippen LogP contribution in [0.5, 0.6) is 0 Å². The first-order valence-corrected chi connectivity index (χ1v) is 7.80. The van der Waals surface area contributed by atoms with E-state index in [1.54, 1.807) is 12.1 Å². The van der Waals surface area contributed by atoms with E-state index in [0.29, 0.717) is 12.5 Å². The van der Waals surface area contributed by atoms with Crippen molar-refractivity contribution in [3.8, 4) is 0 Å². The van der Waals surface area contributed by atoms with Crippen LogP contribution in [0.25, 0.3) is 0 Å². The summed E-state index contributed by atoms with van der Waals surface area (Å²) >= 11 is 0. The molecule has 0 saturated carbocycles. The van der Waals surface area contributed by atoms with Gasteiger partial charge in [-0.1, -0.05) is 42.0 Å². The van der Waals surface area contributed by atoms with Gasteiger partial charge in [0.15, 0.2) is 0 Å². The van der Waals surface area contributed by atoms with Gasteiger partial charge >= 0.3 is 0 Å². The zero-order valence-electron chi connectivity index (χ0n) is 13.7. The zero-order valence-corrected chi connectivity index (χ0v) is 13.7. The number of amides is 1. The molecule has 0 spiro atoms.